The average molecular weight is 559 g/mol. The maximum atomic E-state index is 12.7. The first-order valence-electron chi connectivity index (χ1n) is 9.86. The van der Waals surface area contributed by atoms with E-state index in [0.717, 1.165) is 0 Å². The molecule has 34 heavy (non-hydrogen) atoms. The van der Waals surface area contributed by atoms with Crippen LogP contribution in [0.5, 0.6) is 0 Å². The Morgan fingerprint density at radius 1 is 1.09 bits per heavy atom. The largest absolute Gasteiger partial charge is 0.342 e. The molecule has 0 saturated carbocycles. The zero-order valence-corrected chi connectivity index (χ0v) is 21.7. The predicted molar refractivity (Wildman–Crippen MR) is 138 cm³/mol. The van der Waals surface area contributed by atoms with Crippen LogP contribution in [0.25, 0.3) is 0 Å². The van der Waals surface area contributed by atoms with Gasteiger partial charge in [0.2, 0.25) is 5.91 Å². The van der Waals surface area contributed by atoms with E-state index in [2.05, 4.69) is 27.4 Å². The van der Waals surface area contributed by atoms with Gasteiger partial charge in [-0.3, -0.25) is 9.59 Å². The van der Waals surface area contributed by atoms with E-state index in [-0.39, 0.29) is 22.6 Å². The Bertz CT molecular complexity index is 1210. The molecule has 0 aliphatic carbocycles. The zero-order valence-electron chi connectivity index (χ0n) is 17.8. The summed E-state index contributed by atoms with van der Waals surface area (Å²) in [6.45, 7) is 5.93. The summed E-state index contributed by atoms with van der Waals surface area (Å²) in [7, 11) is 0. The van der Waals surface area contributed by atoms with Crippen LogP contribution in [0.2, 0.25) is 20.1 Å². The van der Waals surface area contributed by atoms with E-state index in [1.807, 2.05) is 0 Å². The van der Waals surface area contributed by atoms with Crippen LogP contribution in [0.1, 0.15) is 29.1 Å². The minimum absolute atomic E-state index is 0.0700. The normalized spacial score (nSPS) is 11.7. The number of benzene rings is 2. The summed E-state index contributed by atoms with van der Waals surface area (Å²) < 4.78 is 1.77. The number of nitrogens with one attached hydrogen (secondary N) is 2. The molecule has 0 fully saturated rings. The van der Waals surface area contributed by atoms with Crippen LogP contribution < -0.4 is 10.6 Å². The molecule has 1 aromatic heterocycles. The molecular formula is C22H19Cl4N5O2S. The molecular weight excluding hydrogens is 540 g/mol. The van der Waals surface area contributed by atoms with Gasteiger partial charge >= 0.3 is 0 Å². The number of allylic oxidation sites excluding steroid dienone is 1. The number of hydrogen-bond acceptors (Lipinski definition) is 5. The molecule has 0 radical (unpaired) electrons. The first-order valence-corrected chi connectivity index (χ1v) is 12.4. The van der Waals surface area contributed by atoms with Crippen molar-refractivity contribution in [2.75, 3.05) is 11.1 Å². The monoisotopic (exact) mass is 557 g/mol. The second kappa shape index (κ2) is 12.0. The molecule has 0 aliphatic rings. The summed E-state index contributed by atoms with van der Waals surface area (Å²) in [5.41, 5.74) is 0.786. The average Bonchev–Trinajstić information content (AvgIpc) is 3.14. The third kappa shape index (κ3) is 6.90. The number of aromatic nitrogens is 3. The molecule has 7 nitrogen and oxygen atoms in total. The fourth-order valence-electron chi connectivity index (χ4n) is 2.99. The second-order valence-electron chi connectivity index (χ2n) is 7.05. The molecule has 1 heterocycles. The second-order valence-corrected chi connectivity index (χ2v) is 9.71. The fraction of sp³-hybridized carbons (Fsp3) is 0.182. The van der Waals surface area contributed by atoms with Crippen molar-refractivity contribution < 1.29 is 9.59 Å². The molecule has 3 aromatic rings. The lowest BCUT2D eigenvalue weighted by Crippen LogP contribution is -2.29. The predicted octanol–water partition coefficient (Wildman–Crippen LogP) is 6.30. The number of carbonyl (C=O) groups excluding carboxylic acids is 2. The van der Waals surface area contributed by atoms with Gasteiger partial charge in [-0.15, -0.1) is 16.8 Å². The molecule has 1 atom stereocenters. The van der Waals surface area contributed by atoms with Crippen molar-refractivity contribution in [1.82, 2.24) is 20.1 Å². The Morgan fingerprint density at radius 2 is 1.79 bits per heavy atom. The number of halogens is 4. The van der Waals surface area contributed by atoms with Gasteiger partial charge in [0.25, 0.3) is 5.91 Å². The van der Waals surface area contributed by atoms with Crippen molar-refractivity contribution in [2.45, 2.75) is 24.7 Å². The number of carbonyl (C=O) groups is 2. The zero-order chi connectivity index (χ0) is 24.8. The topological polar surface area (TPSA) is 88.9 Å². The van der Waals surface area contributed by atoms with Crippen molar-refractivity contribution in [3.63, 3.8) is 0 Å². The fourth-order valence-corrected chi connectivity index (χ4v) is 4.77. The maximum absolute atomic E-state index is 12.7. The molecule has 3 rings (SSSR count). The van der Waals surface area contributed by atoms with Crippen LogP contribution in [-0.2, 0) is 11.3 Å². The number of thioether (sulfide) groups is 1. The Morgan fingerprint density at radius 3 is 2.44 bits per heavy atom. The quantitative estimate of drug-likeness (QED) is 0.237. The summed E-state index contributed by atoms with van der Waals surface area (Å²) in [5.74, 6) is -0.0729. The molecule has 0 saturated heterocycles. The molecule has 2 aromatic carbocycles. The van der Waals surface area contributed by atoms with Gasteiger partial charge < -0.3 is 15.2 Å². The van der Waals surface area contributed by atoms with Crippen molar-refractivity contribution in [3.05, 3.63) is 80.5 Å². The molecule has 0 spiro atoms. The van der Waals surface area contributed by atoms with Gasteiger partial charge in [0.15, 0.2) is 11.0 Å². The molecule has 0 bridgehead atoms. The van der Waals surface area contributed by atoms with Crippen LogP contribution in [0.3, 0.4) is 0 Å². The van der Waals surface area contributed by atoms with Crippen LogP contribution in [0.4, 0.5) is 5.69 Å². The first kappa shape index (κ1) is 26.4. The number of anilines is 1. The Labute approximate surface area is 220 Å². The molecule has 12 heteroatoms. The number of rotatable bonds is 9. The number of hydrogen-bond donors (Lipinski definition) is 2. The smallest absolute Gasteiger partial charge is 0.253 e. The lowest BCUT2D eigenvalue weighted by atomic mass is 10.2. The summed E-state index contributed by atoms with van der Waals surface area (Å²) in [4.78, 5) is 25.1. The first-order chi connectivity index (χ1) is 16.2. The molecule has 178 valence electrons. The lowest BCUT2D eigenvalue weighted by molar-refractivity contribution is -0.113. The van der Waals surface area contributed by atoms with Crippen LogP contribution in [0.15, 0.2) is 54.2 Å². The minimum Gasteiger partial charge on any atom is -0.342 e. The standard InChI is InChI=1S/C22H19Cl4N5O2S/c1-3-6-31-20(12(2)27-21(33)17-5-4-13(23)10-18(17)26)29-30-22(31)34-11-19(32)28-16-8-14(24)7-15(25)9-16/h3-5,7-10,12H,1,6,11H2,2H3,(H,27,33)(H,28,32)/t12-/m0/s1. The van der Waals surface area contributed by atoms with Gasteiger partial charge in [-0.1, -0.05) is 64.2 Å². The van der Waals surface area contributed by atoms with E-state index in [9.17, 15) is 9.59 Å². The van der Waals surface area contributed by atoms with Crippen LogP contribution in [0, 0.1) is 0 Å². The van der Waals surface area contributed by atoms with Gasteiger partial charge in [0.05, 0.1) is 22.4 Å². The van der Waals surface area contributed by atoms with E-state index in [1.165, 1.54) is 17.8 Å². The van der Waals surface area contributed by atoms with E-state index < -0.39 is 6.04 Å². The highest BCUT2D eigenvalue weighted by molar-refractivity contribution is 7.99. The summed E-state index contributed by atoms with van der Waals surface area (Å²) >= 11 is 25.2. The minimum atomic E-state index is -0.497. The third-order valence-electron chi connectivity index (χ3n) is 4.45. The summed E-state index contributed by atoms with van der Waals surface area (Å²) in [6.07, 6.45) is 1.68. The van der Waals surface area contributed by atoms with E-state index in [4.69, 9.17) is 46.4 Å². The van der Waals surface area contributed by atoms with Gasteiger partial charge in [0.1, 0.15) is 0 Å². The highest BCUT2D eigenvalue weighted by atomic mass is 35.5. The van der Waals surface area contributed by atoms with E-state index >= 15 is 0 Å². The van der Waals surface area contributed by atoms with Crippen LogP contribution in [-0.4, -0.2) is 32.3 Å². The molecule has 0 unspecified atom stereocenters. The Hall–Kier alpha value is -2.23. The number of nitrogens with zero attached hydrogens (tertiary/aromatic N) is 3. The Kier molecular flexibility index (Phi) is 9.27. The van der Waals surface area contributed by atoms with Crippen molar-refractivity contribution in [1.29, 1.82) is 0 Å². The Balaban J connectivity index is 1.68. The molecule has 0 aliphatic heterocycles. The van der Waals surface area contributed by atoms with E-state index in [0.29, 0.717) is 43.8 Å². The maximum Gasteiger partial charge on any atom is 0.253 e. The lowest BCUT2D eigenvalue weighted by Gasteiger charge is -2.16. The molecule has 2 amide bonds. The summed E-state index contributed by atoms with van der Waals surface area (Å²) in [6, 6.07) is 8.92. The number of amides is 2. The van der Waals surface area contributed by atoms with Crippen LogP contribution >= 0.6 is 58.2 Å². The van der Waals surface area contributed by atoms with Crippen molar-refractivity contribution in [2.24, 2.45) is 0 Å². The van der Waals surface area contributed by atoms with Crippen molar-refractivity contribution in [3.8, 4) is 0 Å². The van der Waals surface area contributed by atoms with Crippen molar-refractivity contribution >= 4 is 75.7 Å². The third-order valence-corrected chi connectivity index (χ3v) is 6.40. The highest BCUT2D eigenvalue weighted by Crippen LogP contribution is 2.25. The summed E-state index contributed by atoms with van der Waals surface area (Å²) in [5, 5.41) is 16.0. The van der Waals surface area contributed by atoms with Gasteiger partial charge in [-0.25, -0.2) is 0 Å². The SMILES string of the molecule is C=CCn1c(SCC(=O)Nc2cc(Cl)cc(Cl)c2)nnc1[C@H](C)NC(=O)c1ccc(Cl)cc1Cl. The van der Waals surface area contributed by atoms with Gasteiger partial charge in [-0.05, 0) is 43.3 Å². The highest BCUT2D eigenvalue weighted by Gasteiger charge is 2.21. The van der Waals surface area contributed by atoms with E-state index in [1.54, 1.807) is 47.9 Å². The molecule has 2 N–H and O–H groups in total. The van der Waals surface area contributed by atoms with Gasteiger partial charge in [0, 0.05) is 27.3 Å². The van der Waals surface area contributed by atoms with Gasteiger partial charge in [-0.2, -0.15) is 0 Å².